The van der Waals surface area contributed by atoms with Gasteiger partial charge in [0.25, 0.3) is 5.91 Å². The number of benzene rings is 2. The van der Waals surface area contributed by atoms with Crippen LogP contribution in [0.3, 0.4) is 0 Å². The lowest BCUT2D eigenvalue weighted by Gasteiger charge is -2.07. The van der Waals surface area contributed by atoms with Gasteiger partial charge in [-0.05, 0) is 67.4 Å². The first kappa shape index (κ1) is 18.4. The van der Waals surface area contributed by atoms with E-state index < -0.39 is 0 Å². The SMILES string of the molecule is COc1ccc(C=NNC(=O)c2cccc(Cn3nc(C)cc3C)c2)cc1. The first-order chi connectivity index (χ1) is 13.0. The lowest BCUT2D eigenvalue weighted by atomic mass is 10.1. The van der Waals surface area contributed by atoms with Crippen LogP contribution in [0.4, 0.5) is 0 Å². The average molecular weight is 362 g/mol. The number of hydrazone groups is 1. The Balaban J connectivity index is 1.64. The molecular weight excluding hydrogens is 340 g/mol. The van der Waals surface area contributed by atoms with Crippen molar-refractivity contribution in [3.05, 3.63) is 82.7 Å². The van der Waals surface area contributed by atoms with Crippen LogP contribution in [-0.2, 0) is 6.54 Å². The second-order valence-corrected chi connectivity index (χ2v) is 6.26. The fourth-order valence-electron chi connectivity index (χ4n) is 2.74. The van der Waals surface area contributed by atoms with Crippen molar-refractivity contribution in [3.8, 4) is 5.75 Å². The van der Waals surface area contributed by atoms with Crippen LogP contribution < -0.4 is 10.2 Å². The highest BCUT2D eigenvalue weighted by Crippen LogP contribution is 2.11. The van der Waals surface area contributed by atoms with E-state index in [4.69, 9.17) is 4.74 Å². The fourth-order valence-corrected chi connectivity index (χ4v) is 2.74. The number of carbonyl (C=O) groups is 1. The number of nitrogens with zero attached hydrogens (tertiary/aromatic N) is 3. The highest BCUT2D eigenvalue weighted by atomic mass is 16.5. The molecule has 1 aromatic heterocycles. The van der Waals surface area contributed by atoms with Gasteiger partial charge in [-0.2, -0.15) is 10.2 Å². The Morgan fingerprint density at radius 3 is 2.63 bits per heavy atom. The van der Waals surface area contributed by atoms with Gasteiger partial charge < -0.3 is 4.74 Å². The summed E-state index contributed by atoms with van der Waals surface area (Å²) in [4.78, 5) is 12.3. The van der Waals surface area contributed by atoms with Crippen molar-refractivity contribution in [1.82, 2.24) is 15.2 Å². The Hall–Kier alpha value is -3.41. The number of carbonyl (C=O) groups excluding carboxylic acids is 1. The molecule has 0 aliphatic rings. The molecule has 3 aromatic rings. The van der Waals surface area contributed by atoms with Crippen LogP contribution in [0.15, 0.2) is 59.7 Å². The molecule has 0 aliphatic heterocycles. The van der Waals surface area contributed by atoms with Gasteiger partial charge in [-0.1, -0.05) is 12.1 Å². The minimum Gasteiger partial charge on any atom is -0.497 e. The number of hydrogen-bond acceptors (Lipinski definition) is 4. The Bertz CT molecular complexity index is 959. The molecular formula is C21H22N4O2. The molecule has 0 saturated carbocycles. The maximum Gasteiger partial charge on any atom is 0.271 e. The Labute approximate surface area is 158 Å². The lowest BCUT2D eigenvalue weighted by molar-refractivity contribution is 0.0955. The van der Waals surface area contributed by atoms with Crippen molar-refractivity contribution in [3.63, 3.8) is 0 Å². The molecule has 27 heavy (non-hydrogen) atoms. The van der Waals surface area contributed by atoms with Crippen LogP contribution in [0.5, 0.6) is 5.75 Å². The molecule has 1 heterocycles. The van der Waals surface area contributed by atoms with E-state index in [-0.39, 0.29) is 5.91 Å². The molecule has 0 spiro atoms. The molecule has 0 unspecified atom stereocenters. The summed E-state index contributed by atoms with van der Waals surface area (Å²) in [6, 6.07) is 16.9. The van der Waals surface area contributed by atoms with E-state index in [0.29, 0.717) is 12.1 Å². The number of methoxy groups -OCH3 is 1. The summed E-state index contributed by atoms with van der Waals surface area (Å²) in [5.41, 5.74) is 7.06. The molecule has 0 radical (unpaired) electrons. The highest BCUT2D eigenvalue weighted by molar-refractivity contribution is 5.95. The van der Waals surface area contributed by atoms with Crippen LogP contribution in [0.1, 0.15) is 32.9 Å². The summed E-state index contributed by atoms with van der Waals surface area (Å²) in [5, 5.41) is 8.48. The van der Waals surface area contributed by atoms with Crippen LogP contribution in [0, 0.1) is 13.8 Å². The fraction of sp³-hybridized carbons (Fsp3) is 0.190. The van der Waals surface area contributed by atoms with Gasteiger partial charge in [0, 0.05) is 11.3 Å². The zero-order chi connectivity index (χ0) is 19.2. The molecule has 0 saturated heterocycles. The van der Waals surface area contributed by atoms with Crippen molar-refractivity contribution in [2.45, 2.75) is 20.4 Å². The van der Waals surface area contributed by atoms with Gasteiger partial charge in [0.05, 0.1) is 25.6 Å². The molecule has 138 valence electrons. The van der Waals surface area contributed by atoms with Gasteiger partial charge in [-0.25, -0.2) is 5.43 Å². The third kappa shape index (κ3) is 4.82. The number of aryl methyl sites for hydroxylation is 2. The number of hydrogen-bond donors (Lipinski definition) is 1. The summed E-state index contributed by atoms with van der Waals surface area (Å²) in [5.74, 6) is 0.519. The van der Waals surface area contributed by atoms with Gasteiger partial charge in [-0.3, -0.25) is 9.48 Å². The van der Waals surface area contributed by atoms with E-state index in [0.717, 1.165) is 28.3 Å². The minimum absolute atomic E-state index is 0.255. The summed E-state index contributed by atoms with van der Waals surface area (Å²) in [6.07, 6.45) is 1.59. The normalized spacial score (nSPS) is 10.9. The Morgan fingerprint density at radius 1 is 1.19 bits per heavy atom. The third-order valence-corrected chi connectivity index (χ3v) is 4.12. The quantitative estimate of drug-likeness (QED) is 0.540. The number of amides is 1. The zero-order valence-corrected chi connectivity index (χ0v) is 15.6. The van der Waals surface area contributed by atoms with Crippen molar-refractivity contribution in [2.24, 2.45) is 5.10 Å². The summed E-state index contributed by atoms with van der Waals surface area (Å²) < 4.78 is 7.04. The summed E-state index contributed by atoms with van der Waals surface area (Å²) in [7, 11) is 1.62. The predicted octanol–water partition coefficient (Wildman–Crippen LogP) is 3.32. The lowest BCUT2D eigenvalue weighted by Crippen LogP contribution is -2.18. The summed E-state index contributed by atoms with van der Waals surface area (Å²) in [6.45, 7) is 4.61. The van der Waals surface area contributed by atoms with Crippen molar-refractivity contribution < 1.29 is 9.53 Å². The van der Waals surface area contributed by atoms with Crippen LogP contribution in [-0.4, -0.2) is 29.0 Å². The minimum atomic E-state index is -0.255. The molecule has 6 nitrogen and oxygen atoms in total. The number of nitrogens with one attached hydrogen (secondary N) is 1. The number of rotatable bonds is 6. The first-order valence-electron chi connectivity index (χ1n) is 8.62. The second-order valence-electron chi connectivity index (χ2n) is 6.26. The van der Waals surface area contributed by atoms with Crippen LogP contribution in [0.25, 0.3) is 0 Å². The first-order valence-corrected chi connectivity index (χ1v) is 8.62. The second kappa shape index (κ2) is 8.31. The maximum absolute atomic E-state index is 12.3. The van der Waals surface area contributed by atoms with Gasteiger partial charge in [0.1, 0.15) is 5.75 Å². The van der Waals surface area contributed by atoms with E-state index >= 15 is 0 Å². The van der Waals surface area contributed by atoms with E-state index in [1.54, 1.807) is 19.4 Å². The molecule has 0 atom stereocenters. The van der Waals surface area contributed by atoms with Crippen molar-refractivity contribution in [2.75, 3.05) is 7.11 Å². The Morgan fingerprint density at radius 2 is 1.96 bits per heavy atom. The maximum atomic E-state index is 12.3. The molecule has 0 fully saturated rings. The van der Waals surface area contributed by atoms with Crippen LogP contribution >= 0.6 is 0 Å². The molecule has 0 aliphatic carbocycles. The van der Waals surface area contributed by atoms with Gasteiger partial charge >= 0.3 is 0 Å². The molecule has 6 heteroatoms. The molecule has 2 aromatic carbocycles. The number of aromatic nitrogens is 2. The smallest absolute Gasteiger partial charge is 0.271 e. The molecule has 1 amide bonds. The third-order valence-electron chi connectivity index (χ3n) is 4.12. The molecule has 0 bridgehead atoms. The van der Waals surface area contributed by atoms with E-state index in [1.165, 1.54) is 0 Å². The Kier molecular flexibility index (Phi) is 5.66. The topological polar surface area (TPSA) is 68.5 Å². The molecule has 3 rings (SSSR count). The predicted molar refractivity (Wildman–Crippen MR) is 105 cm³/mol. The standard InChI is InChI=1S/C21H22N4O2/c1-15-11-16(2)25(24-15)14-18-5-4-6-19(12-18)21(26)23-22-13-17-7-9-20(27-3)10-8-17/h4-13H,14H2,1-3H3,(H,23,26). The highest BCUT2D eigenvalue weighted by Gasteiger charge is 2.07. The average Bonchev–Trinajstić information content (AvgIpc) is 2.99. The van der Waals surface area contributed by atoms with Gasteiger partial charge in [0.15, 0.2) is 0 Å². The van der Waals surface area contributed by atoms with Gasteiger partial charge in [0.2, 0.25) is 0 Å². The van der Waals surface area contributed by atoms with E-state index in [1.807, 2.05) is 67.1 Å². The van der Waals surface area contributed by atoms with Crippen molar-refractivity contribution >= 4 is 12.1 Å². The zero-order valence-electron chi connectivity index (χ0n) is 15.6. The number of ether oxygens (including phenoxy) is 1. The van der Waals surface area contributed by atoms with Crippen molar-refractivity contribution in [1.29, 1.82) is 0 Å². The largest absolute Gasteiger partial charge is 0.497 e. The van der Waals surface area contributed by atoms with Gasteiger partial charge in [-0.15, -0.1) is 0 Å². The molecule has 1 N–H and O–H groups in total. The summed E-state index contributed by atoms with van der Waals surface area (Å²) >= 11 is 0. The van der Waals surface area contributed by atoms with E-state index in [2.05, 4.69) is 15.6 Å². The monoisotopic (exact) mass is 362 g/mol. The van der Waals surface area contributed by atoms with Crippen LogP contribution in [0.2, 0.25) is 0 Å². The van der Waals surface area contributed by atoms with E-state index in [9.17, 15) is 4.79 Å².